The van der Waals surface area contributed by atoms with Crippen LogP contribution in [0.3, 0.4) is 0 Å². The molecule has 0 N–H and O–H groups in total. The summed E-state index contributed by atoms with van der Waals surface area (Å²) < 4.78 is 0. The molecule has 24 heavy (non-hydrogen) atoms. The van der Waals surface area contributed by atoms with E-state index in [1.807, 2.05) is 0 Å². The second-order valence-corrected chi connectivity index (χ2v) is 10.6. The van der Waals surface area contributed by atoms with Crippen molar-refractivity contribution in [3.8, 4) is 0 Å². The summed E-state index contributed by atoms with van der Waals surface area (Å²) in [4.78, 5) is 0. The van der Waals surface area contributed by atoms with Crippen LogP contribution in [-0.2, 0) is 6.16 Å². The quantitative estimate of drug-likeness (QED) is 0.554. The van der Waals surface area contributed by atoms with E-state index in [9.17, 15) is 0 Å². The van der Waals surface area contributed by atoms with Crippen LogP contribution in [-0.4, -0.2) is 6.16 Å². The first-order chi connectivity index (χ1) is 11.8. The van der Waals surface area contributed by atoms with E-state index in [0.29, 0.717) is 5.92 Å². The van der Waals surface area contributed by atoms with Gasteiger partial charge in [-0.2, -0.15) is 0 Å². The zero-order valence-electron chi connectivity index (χ0n) is 14.2. The fraction of sp³-hybridized carbons (Fsp3) is 0.217. The van der Waals surface area contributed by atoms with Gasteiger partial charge in [0.25, 0.3) is 0 Å². The molecule has 0 saturated heterocycles. The first kappa shape index (κ1) is 15.6. The number of fused-ring (bicyclic) bond motifs is 1. The predicted octanol–water partition coefficient (Wildman–Crippen LogP) is 5.36. The van der Waals surface area contributed by atoms with Crippen LogP contribution in [0.4, 0.5) is 0 Å². The van der Waals surface area contributed by atoms with Gasteiger partial charge in [-0.25, -0.2) is 0 Å². The summed E-state index contributed by atoms with van der Waals surface area (Å²) >= 11 is 0. The molecule has 1 aliphatic rings. The highest BCUT2D eigenvalue weighted by Gasteiger charge is 2.45. The van der Waals surface area contributed by atoms with Crippen molar-refractivity contribution in [3.63, 3.8) is 0 Å². The molecule has 0 unspecified atom stereocenters. The first-order valence-electron chi connectivity index (χ1n) is 8.86. The summed E-state index contributed by atoms with van der Waals surface area (Å²) in [5.74, 6) is 0.649. The maximum absolute atomic E-state index is 2.40. The zero-order valence-corrected chi connectivity index (χ0v) is 15.1. The Morgan fingerprint density at radius 1 is 0.708 bits per heavy atom. The van der Waals surface area contributed by atoms with Crippen LogP contribution in [0.5, 0.6) is 0 Å². The van der Waals surface area contributed by atoms with Crippen molar-refractivity contribution in [3.05, 3.63) is 96.1 Å². The monoisotopic (exact) mass is 331 g/mol. The Balaban J connectivity index is 1.92. The average Bonchev–Trinajstić information content (AvgIpc) is 2.81. The van der Waals surface area contributed by atoms with Crippen molar-refractivity contribution in [1.29, 1.82) is 0 Å². The highest BCUT2D eigenvalue weighted by Crippen LogP contribution is 2.62. The minimum atomic E-state index is -1.41. The first-order valence-corrected chi connectivity index (χ1v) is 11.0. The van der Waals surface area contributed by atoms with E-state index in [1.165, 1.54) is 18.7 Å². The molecule has 0 aromatic heterocycles. The van der Waals surface area contributed by atoms with Gasteiger partial charge in [0, 0.05) is 0 Å². The van der Waals surface area contributed by atoms with Crippen molar-refractivity contribution in [2.24, 2.45) is 0 Å². The molecule has 0 saturated carbocycles. The molecule has 0 aliphatic carbocycles. The molecule has 1 heterocycles. The van der Waals surface area contributed by atoms with E-state index in [4.69, 9.17) is 0 Å². The topological polar surface area (TPSA) is 0 Å². The van der Waals surface area contributed by atoms with E-state index < -0.39 is 7.26 Å². The Bertz CT molecular complexity index is 768. The number of rotatable bonds is 2. The Morgan fingerprint density at radius 2 is 1.25 bits per heavy atom. The van der Waals surface area contributed by atoms with Gasteiger partial charge < -0.3 is 0 Å². The van der Waals surface area contributed by atoms with Crippen LogP contribution in [0.1, 0.15) is 30.4 Å². The normalized spacial score (nSPS) is 19.3. The Morgan fingerprint density at radius 3 is 1.88 bits per heavy atom. The van der Waals surface area contributed by atoms with Gasteiger partial charge in [0.1, 0.15) is 0 Å². The molecule has 3 aromatic carbocycles. The van der Waals surface area contributed by atoms with Gasteiger partial charge in [-0.1, -0.05) is 67.6 Å². The molecule has 1 atom stereocenters. The highest BCUT2D eigenvalue weighted by atomic mass is 31.2. The van der Waals surface area contributed by atoms with E-state index in [-0.39, 0.29) is 0 Å². The Hall–Kier alpha value is -1.91. The van der Waals surface area contributed by atoms with Gasteiger partial charge in [0.15, 0.2) is 0 Å². The lowest BCUT2D eigenvalue weighted by molar-refractivity contribution is 0.739. The third-order valence-corrected chi connectivity index (χ3v) is 9.95. The van der Waals surface area contributed by atoms with E-state index in [0.717, 1.165) is 0 Å². The van der Waals surface area contributed by atoms with E-state index in [1.54, 1.807) is 21.7 Å². The molecule has 1 aliphatic heterocycles. The molecule has 0 bridgehead atoms. The second kappa shape index (κ2) is 6.54. The van der Waals surface area contributed by atoms with Crippen LogP contribution in [0.15, 0.2) is 84.9 Å². The second-order valence-electron chi connectivity index (χ2n) is 6.91. The lowest BCUT2D eigenvalue weighted by Crippen LogP contribution is -2.26. The van der Waals surface area contributed by atoms with Gasteiger partial charge in [-0.05, 0) is 47.7 Å². The van der Waals surface area contributed by atoms with E-state index >= 15 is 0 Å². The lowest BCUT2D eigenvalue weighted by Gasteiger charge is -2.26. The van der Waals surface area contributed by atoms with E-state index in [2.05, 4.69) is 91.9 Å². The van der Waals surface area contributed by atoms with Crippen molar-refractivity contribution >= 4 is 17.9 Å². The molecule has 3 aromatic rings. The molecular weight excluding hydrogens is 307 g/mol. The molecule has 0 radical (unpaired) electrons. The third kappa shape index (κ3) is 2.70. The highest BCUT2D eigenvalue weighted by molar-refractivity contribution is 7.88. The Labute approximate surface area is 145 Å². The van der Waals surface area contributed by atoms with Crippen molar-refractivity contribution < 1.29 is 0 Å². The number of benzene rings is 3. The number of hydrogen-bond acceptors (Lipinski definition) is 0. The maximum atomic E-state index is 2.40. The van der Waals surface area contributed by atoms with Crippen LogP contribution in [0.25, 0.3) is 0 Å². The maximum Gasteiger partial charge on any atom is 0.0995 e. The summed E-state index contributed by atoms with van der Waals surface area (Å²) in [5.41, 5.74) is 3.12. The molecule has 120 valence electrons. The minimum absolute atomic E-state index is 0.649. The summed E-state index contributed by atoms with van der Waals surface area (Å²) in [5, 5.41) is 3.11. The standard InChI is InChI=1S/C23H24P/c1-19-16-17-24(21-11-4-2-5-12-21,22-13-6-3-7-14-22)18-20-10-8-9-15-23(19)20/h2-15,19H,16-18H2,1H3/q+1/t19-/m0/s1. The fourth-order valence-electron chi connectivity index (χ4n) is 4.11. The summed E-state index contributed by atoms with van der Waals surface area (Å²) in [7, 11) is -1.41. The van der Waals surface area contributed by atoms with Crippen LogP contribution < -0.4 is 10.6 Å². The van der Waals surface area contributed by atoms with Gasteiger partial charge in [0.05, 0.1) is 30.2 Å². The minimum Gasteiger partial charge on any atom is -0.0620 e. The molecule has 0 spiro atoms. The summed E-state index contributed by atoms with van der Waals surface area (Å²) in [6.45, 7) is 2.40. The third-order valence-electron chi connectivity index (χ3n) is 5.47. The Kier molecular flexibility index (Phi) is 4.25. The lowest BCUT2D eigenvalue weighted by atomic mass is 9.95. The van der Waals surface area contributed by atoms with Gasteiger partial charge >= 0.3 is 0 Å². The molecule has 0 amide bonds. The molecule has 0 nitrogen and oxygen atoms in total. The zero-order chi connectivity index (χ0) is 16.4. The predicted molar refractivity (Wildman–Crippen MR) is 107 cm³/mol. The summed E-state index contributed by atoms with van der Waals surface area (Å²) in [6.07, 6.45) is 3.77. The largest absolute Gasteiger partial charge is 0.0995 e. The van der Waals surface area contributed by atoms with Gasteiger partial charge in [-0.3, -0.25) is 0 Å². The average molecular weight is 331 g/mol. The van der Waals surface area contributed by atoms with Crippen molar-refractivity contribution in [1.82, 2.24) is 0 Å². The van der Waals surface area contributed by atoms with Gasteiger partial charge in [-0.15, -0.1) is 0 Å². The van der Waals surface area contributed by atoms with Crippen LogP contribution >= 0.6 is 7.26 Å². The molecule has 0 fully saturated rings. The molecule has 4 rings (SSSR count). The van der Waals surface area contributed by atoms with Gasteiger partial charge in [0.2, 0.25) is 0 Å². The number of hydrogen-bond donors (Lipinski definition) is 0. The fourth-order valence-corrected chi connectivity index (χ4v) is 8.64. The van der Waals surface area contributed by atoms with Crippen LogP contribution in [0, 0.1) is 0 Å². The van der Waals surface area contributed by atoms with Crippen LogP contribution in [0.2, 0.25) is 0 Å². The smallest absolute Gasteiger partial charge is 0.0620 e. The SMILES string of the molecule is C[C@H]1CC[P+](c2ccccc2)(c2ccccc2)Cc2ccccc21. The van der Waals surface area contributed by atoms with Crippen molar-refractivity contribution in [2.75, 3.05) is 6.16 Å². The molecule has 1 heteroatoms. The summed E-state index contributed by atoms with van der Waals surface area (Å²) in [6, 6.07) is 31.7. The molecular formula is C23H24P+. The van der Waals surface area contributed by atoms with Crippen molar-refractivity contribution in [2.45, 2.75) is 25.4 Å².